The molecule has 0 aliphatic rings. The molecule has 0 N–H and O–H groups in total. The Morgan fingerprint density at radius 1 is 1.08 bits per heavy atom. The number of ketones is 1. The molecule has 70 valence electrons. The van der Waals surface area contributed by atoms with Gasteiger partial charge in [-0.3, -0.25) is 9.59 Å². The summed E-state index contributed by atoms with van der Waals surface area (Å²) in [5.74, 6) is -0.832. The second kappa shape index (κ2) is 4.61. The van der Waals surface area contributed by atoms with E-state index in [0.717, 1.165) is 0 Å². The molecule has 0 aromatic carbocycles. The third-order valence-electron chi connectivity index (χ3n) is 1.79. The molecule has 12 heavy (non-hydrogen) atoms. The third-order valence-corrected chi connectivity index (χ3v) is 2.02. The van der Waals surface area contributed by atoms with Crippen molar-refractivity contribution in [3.8, 4) is 0 Å². The molecule has 2 nitrogen and oxygen atoms in total. The molecule has 0 aromatic rings. The lowest BCUT2D eigenvalue weighted by molar-refractivity contribution is -0.132. The van der Waals surface area contributed by atoms with Gasteiger partial charge in [-0.1, -0.05) is 27.7 Å². The van der Waals surface area contributed by atoms with E-state index in [-0.39, 0.29) is 17.6 Å². The van der Waals surface area contributed by atoms with E-state index in [4.69, 9.17) is 11.6 Å². The van der Waals surface area contributed by atoms with E-state index in [1.54, 1.807) is 13.8 Å². The number of hydrogen-bond donors (Lipinski definition) is 0. The molecule has 0 saturated heterocycles. The second-order valence-electron chi connectivity index (χ2n) is 3.58. The minimum Gasteiger partial charge on any atom is -0.299 e. The van der Waals surface area contributed by atoms with Crippen molar-refractivity contribution in [2.75, 3.05) is 0 Å². The second-order valence-corrected chi connectivity index (χ2v) is 3.96. The highest BCUT2D eigenvalue weighted by molar-refractivity contribution is 6.65. The fourth-order valence-electron chi connectivity index (χ4n) is 1.06. The van der Waals surface area contributed by atoms with Gasteiger partial charge in [0, 0.05) is 5.92 Å². The number of carbonyl (C=O) groups excluding carboxylic acids is 2. The third kappa shape index (κ3) is 2.94. The molecule has 3 heteroatoms. The van der Waals surface area contributed by atoms with E-state index in [2.05, 4.69) is 0 Å². The van der Waals surface area contributed by atoms with Crippen LogP contribution in [0, 0.1) is 17.8 Å². The van der Waals surface area contributed by atoms with Gasteiger partial charge in [0.2, 0.25) is 5.24 Å². The zero-order chi connectivity index (χ0) is 9.89. The topological polar surface area (TPSA) is 34.1 Å². The van der Waals surface area contributed by atoms with Gasteiger partial charge in [0.15, 0.2) is 0 Å². The Bertz CT molecular complexity index is 185. The van der Waals surface area contributed by atoms with Crippen LogP contribution in [0.3, 0.4) is 0 Å². The van der Waals surface area contributed by atoms with Gasteiger partial charge in [0.05, 0.1) is 5.92 Å². The first-order chi connectivity index (χ1) is 5.37. The maximum Gasteiger partial charge on any atom is 0.232 e. The van der Waals surface area contributed by atoms with Gasteiger partial charge in [-0.05, 0) is 17.5 Å². The molecule has 0 fully saturated rings. The van der Waals surface area contributed by atoms with Crippen LogP contribution in [-0.2, 0) is 9.59 Å². The lowest BCUT2D eigenvalue weighted by Gasteiger charge is -2.16. The zero-order valence-corrected chi connectivity index (χ0v) is 8.68. The van der Waals surface area contributed by atoms with Gasteiger partial charge < -0.3 is 0 Å². The Labute approximate surface area is 78.3 Å². The Kier molecular flexibility index (Phi) is 4.46. The molecule has 0 radical (unpaired) electrons. The standard InChI is InChI=1S/C9H15ClO2/c1-5(2)7(9(10)12)8(11)6(3)4/h5-7H,1-4H3. The minimum atomic E-state index is -0.633. The Morgan fingerprint density at radius 3 is 1.58 bits per heavy atom. The molecule has 0 spiro atoms. The molecular formula is C9H15ClO2. The summed E-state index contributed by atoms with van der Waals surface area (Å²) in [6.45, 7) is 7.20. The Hall–Kier alpha value is -0.370. The maximum absolute atomic E-state index is 11.4. The molecule has 0 saturated carbocycles. The van der Waals surface area contributed by atoms with E-state index in [9.17, 15) is 9.59 Å². The molecule has 0 aromatic heterocycles. The van der Waals surface area contributed by atoms with Crippen molar-refractivity contribution >= 4 is 22.6 Å². The first-order valence-electron chi connectivity index (χ1n) is 4.11. The van der Waals surface area contributed by atoms with Crippen LogP contribution in [0.2, 0.25) is 0 Å². The van der Waals surface area contributed by atoms with Gasteiger partial charge in [-0.2, -0.15) is 0 Å². The normalized spacial score (nSPS) is 13.6. The predicted molar refractivity (Wildman–Crippen MR) is 49.0 cm³/mol. The summed E-state index contributed by atoms with van der Waals surface area (Å²) in [7, 11) is 0. The van der Waals surface area contributed by atoms with E-state index in [1.165, 1.54) is 0 Å². The summed E-state index contributed by atoms with van der Waals surface area (Å²) in [5, 5.41) is -0.538. The average molecular weight is 191 g/mol. The van der Waals surface area contributed by atoms with Crippen molar-refractivity contribution in [2.45, 2.75) is 27.7 Å². The van der Waals surface area contributed by atoms with E-state index in [0.29, 0.717) is 0 Å². The van der Waals surface area contributed by atoms with Crippen LogP contribution in [0.1, 0.15) is 27.7 Å². The number of Topliss-reactive ketones (excluding diaryl/α,β-unsaturated/α-hetero) is 1. The summed E-state index contributed by atoms with van der Waals surface area (Å²) >= 11 is 5.32. The fraction of sp³-hybridized carbons (Fsp3) is 0.778. The predicted octanol–water partition coefficient (Wildman–Crippen LogP) is 2.25. The molecular weight excluding hydrogens is 176 g/mol. The molecule has 1 unspecified atom stereocenters. The van der Waals surface area contributed by atoms with Crippen LogP contribution in [0.25, 0.3) is 0 Å². The smallest absolute Gasteiger partial charge is 0.232 e. The van der Waals surface area contributed by atoms with Crippen LogP contribution >= 0.6 is 11.6 Å². The van der Waals surface area contributed by atoms with Crippen molar-refractivity contribution in [3.63, 3.8) is 0 Å². The van der Waals surface area contributed by atoms with Crippen molar-refractivity contribution in [1.82, 2.24) is 0 Å². The minimum absolute atomic E-state index is 0.00935. The van der Waals surface area contributed by atoms with Crippen molar-refractivity contribution in [1.29, 1.82) is 0 Å². The van der Waals surface area contributed by atoms with Gasteiger partial charge in [0.25, 0.3) is 0 Å². The number of carbonyl (C=O) groups is 2. The van der Waals surface area contributed by atoms with Gasteiger partial charge >= 0.3 is 0 Å². The summed E-state index contributed by atoms with van der Waals surface area (Å²) in [6.07, 6.45) is 0. The van der Waals surface area contributed by atoms with Crippen molar-refractivity contribution in [2.24, 2.45) is 17.8 Å². The molecule has 0 rings (SSSR count). The summed E-state index contributed by atoms with van der Waals surface area (Å²) < 4.78 is 0. The van der Waals surface area contributed by atoms with Crippen LogP contribution in [-0.4, -0.2) is 11.0 Å². The van der Waals surface area contributed by atoms with Gasteiger partial charge in [-0.15, -0.1) is 0 Å². The van der Waals surface area contributed by atoms with Crippen LogP contribution < -0.4 is 0 Å². The van der Waals surface area contributed by atoms with Crippen LogP contribution in [0.15, 0.2) is 0 Å². The SMILES string of the molecule is CC(C)C(=O)C(C(=O)Cl)C(C)C. The maximum atomic E-state index is 11.4. The van der Waals surface area contributed by atoms with Gasteiger partial charge in [-0.25, -0.2) is 0 Å². The van der Waals surface area contributed by atoms with Crippen LogP contribution in [0.5, 0.6) is 0 Å². The quantitative estimate of drug-likeness (QED) is 0.504. The zero-order valence-electron chi connectivity index (χ0n) is 7.93. The van der Waals surface area contributed by atoms with Crippen molar-refractivity contribution in [3.05, 3.63) is 0 Å². The highest BCUT2D eigenvalue weighted by atomic mass is 35.5. The van der Waals surface area contributed by atoms with E-state index >= 15 is 0 Å². The Balaban J connectivity index is 4.52. The lowest BCUT2D eigenvalue weighted by atomic mass is 9.87. The molecule has 1 atom stereocenters. The molecule has 0 aliphatic heterocycles. The average Bonchev–Trinajstić information content (AvgIpc) is 1.85. The van der Waals surface area contributed by atoms with Crippen molar-refractivity contribution < 1.29 is 9.59 Å². The first kappa shape index (κ1) is 11.6. The summed E-state index contributed by atoms with van der Waals surface area (Å²) in [6, 6.07) is 0. The largest absolute Gasteiger partial charge is 0.299 e. The molecule has 0 bridgehead atoms. The fourth-order valence-corrected chi connectivity index (χ4v) is 1.42. The highest BCUT2D eigenvalue weighted by Crippen LogP contribution is 2.19. The Morgan fingerprint density at radius 2 is 1.50 bits per heavy atom. The monoisotopic (exact) mass is 190 g/mol. The van der Waals surface area contributed by atoms with E-state index in [1.807, 2.05) is 13.8 Å². The molecule has 0 aliphatic carbocycles. The number of rotatable bonds is 4. The number of halogens is 1. The van der Waals surface area contributed by atoms with Crippen LogP contribution in [0.4, 0.5) is 0 Å². The summed E-state index contributed by atoms with van der Waals surface area (Å²) in [4.78, 5) is 22.3. The molecule has 0 heterocycles. The molecule has 0 amide bonds. The number of hydrogen-bond acceptors (Lipinski definition) is 2. The first-order valence-corrected chi connectivity index (χ1v) is 4.48. The van der Waals surface area contributed by atoms with Gasteiger partial charge in [0.1, 0.15) is 5.78 Å². The summed E-state index contributed by atoms with van der Waals surface area (Å²) in [5.41, 5.74) is 0. The highest BCUT2D eigenvalue weighted by Gasteiger charge is 2.29. The van der Waals surface area contributed by atoms with E-state index < -0.39 is 11.2 Å². The lowest BCUT2D eigenvalue weighted by Crippen LogP contribution is -2.29.